The predicted octanol–water partition coefficient (Wildman–Crippen LogP) is 3.31. The second-order valence-electron chi connectivity index (χ2n) is 6.19. The van der Waals surface area contributed by atoms with E-state index >= 15 is 0 Å². The molecule has 4 nitrogen and oxygen atoms in total. The first-order valence-corrected chi connectivity index (χ1v) is 7.83. The molecule has 0 saturated carbocycles. The number of rotatable bonds is 7. The standard InChI is InChI=1S/C18H26N2O2/c1-13(2)18(12-21)20(10-16-8-6-5-7-9-16)11-17-14(3)19-22-15(17)4/h5-9,13,18,21H,10-12H2,1-4H3. The summed E-state index contributed by atoms with van der Waals surface area (Å²) in [6, 6.07) is 10.5. The molecule has 0 aliphatic rings. The third-order valence-corrected chi connectivity index (χ3v) is 4.20. The van der Waals surface area contributed by atoms with Gasteiger partial charge in [0.15, 0.2) is 0 Å². The molecule has 0 spiro atoms. The molecule has 2 rings (SSSR count). The van der Waals surface area contributed by atoms with Gasteiger partial charge in [-0.3, -0.25) is 4.90 Å². The number of aryl methyl sites for hydroxylation is 2. The molecule has 0 amide bonds. The lowest BCUT2D eigenvalue weighted by Crippen LogP contribution is -2.41. The second-order valence-corrected chi connectivity index (χ2v) is 6.19. The van der Waals surface area contributed by atoms with Crippen LogP contribution in [0.1, 0.15) is 36.4 Å². The Kier molecular flexibility index (Phi) is 5.75. The van der Waals surface area contributed by atoms with Crippen LogP contribution < -0.4 is 0 Å². The number of aliphatic hydroxyl groups excluding tert-OH is 1. The monoisotopic (exact) mass is 302 g/mol. The Hall–Kier alpha value is -1.65. The van der Waals surface area contributed by atoms with Crippen LogP contribution >= 0.6 is 0 Å². The molecular weight excluding hydrogens is 276 g/mol. The quantitative estimate of drug-likeness (QED) is 0.852. The largest absolute Gasteiger partial charge is 0.395 e. The fraction of sp³-hybridized carbons (Fsp3) is 0.500. The SMILES string of the molecule is Cc1noc(C)c1CN(Cc1ccccc1)C(CO)C(C)C. The molecule has 0 bridgehead atoms. The van der Waals surface area contributed by atoms with Crippen LogP contribution in [0.25, 0.3) is 0 Å². The summed E-state index contributed by atoms with van der Waals surface area (Å²) >= 11 is 0. The first-order chi connectivity index (χ1) is 10.5. The highest BCUT2D eigenvalue weighted by molar-refractivity contribution is 5.21. The van der Waals surface area contributed by atoms with Crippen LogP contribution in [0.2, 0.25) is 0 Å². The summed E-state index contributed by atoms with van der Waals surface area (Å²) < 4.78 is 5.28. The average molecular weight is 302 g/mol. The smallest absolute Gasteiger partial charge is 0.138 e. The topological polar surface area (TPSA) is 49.5 Å². The van der Waals surface area contributed by atoms with Crippen LogP contribution in [0.4, 0.5) is 0 Å². The van der Waals surface area contributed by atoms with E-state index in [-0.39, 0.29) is 12.6 Å². The van der Waals surface area contributed by atoms with E-state index < -0.39 is 0 Å². The van der Waals surface area contributed by atoms with Crippen LogP contribution in [0.15, 0.2) is 34.9 Å². The van der Waals surface area contributed by atoms with Crippen LogP contribution in [0.3, 0.4) is 0 Å². The lowest BCUT2D eigenvalue weighted by atomic mass is 10.0. The van der Waals surface area contributed by atoms with Gasteiger partial charge in [-0.05, 0) is 25.3 Å². The molecular formula is C18H26N2O2. The van der Waals surface area contributed by atoms with Gasteiger partial charge in [-0.15, -0.1) is 0 Å². The molecule has 1 atom stereocenters. The van der Waals surface area contributed by atoms with Gasteiger partial charge in [0, 0.05) is 24.7 Å². The number of hydrogen-bond donors (Lipinski definition) is 1. The van der Waals surface area contributed by atoms with E-state index in [1.807, 2.05) is 32.0 Å². The second kappa shape index (κ2) is 7.56. The van der Waals surface area contributed by atoms with Gasteiger partial charge in [0.05, 0.1) is 12.3 Å². The molecule has 4 heteroatoms. The van der Waals surface area contributed by atoms with Crippen molar-refractivity contribution in [1.82, 2.24) is 10.1 Å². The molecule has 2 aromatic rings. The lowest BCUT2D eigenvalue weighted by molar-refractivity contribution is 0.0779. The lowest BCUT2D eigenvalue weighted by Gasteiger charge is -2.33. The predicted molar refractivity (Wildman–Crippen MR) is 87.4 cm³/mol. The highest BCUT2D eigenvalue weighted by Gasteiger charge is 2.24. The Bertz CT molecular complexity index is 559. The molecule has 22 heavy (non-hydrogen) atoms. The van der Waals surface area contributed by atoms with E-state index in [1.54, 1.807) is 0 Å². The number of hydrogen-bond acceptors (Lipinski definition) is 4. The summed E-state index contributed by atoms with van der Waals surface area (Å²) in [7, 11) is 0. The molecule has 0 fully saturated rings. The van der Waals surface area contributed by atoms with Crippen molar-refractivity contribution in [2.24, 2.45) is 5.92 Å². The van der Waals surface area contributed by atoms with Gasteiger partial charge in [-0.2, -0.15) is 0 Å². The van der Waals surface area contributed by atoms with Crippen LogP contribution in [0.5, 0.6) is 0 Å². The van der Waals surface area contributed by atoms with Crippen LogP contribution in [-0.4, -0.2) is 27.8 Å². The van der Waals surface area contributed by atoms with Gasteiger partial charge in [0.1, 0.15) is 5.76 Å². The van der Waals surface area contributed by atoms with E-state index in [2.05, 4.69) is 36.0 Å². The number of nitrogens with zero attached hydrogens (tertiary/aromatic N) is 2. The summed E-state index contributed by atoms with van der Waals surface area (Å²) in [4.78, 5) is 2.31. The molecule has 1 N–H and O–H groups in total. The minimum Gasteiger partial charge on any atom is -0.395 e. The van der Waals surface area contributed by atoms with Crippen molar-refractivity contribution in [2.75, 3.05) is 6.61 Å². The highest BCUT2D eigenvalue weighted by Crippen LogP contribution is 2.21. The van der Waals surface area contributed by atoms with Gasteiger partial charge in [0.2, 0.25) is 0 Å². The zero-order valence-electron chi connectivity index (χ0n) is 13.9. The minimum absolute atomic E-state index is 0.105. The summed E-state index contributed by atoms with van der Waals surface area (Å²) in [6.07, 6.45) is 0. The summed E-state index contributed by atoms with van der Waals surface area (Å²) in [5.41, 5.74) is 3.29. The summed E-state index contributed by atoms with van der Waals surface area (Å²) in [5, 5.41) is 13.9. The molecule has 1 heterocycles. The Morgan fingerprint density at radius 3 is 2.32 bits per heavy atom. The third kappa shape index (κ3) is 3.96. The van der Waals surface area contributed by atoms with E-state index in [1.165, 1.54) is 5.56 Å². The van der Waals surface area contributed by atoms with Crippen LogP contribution in [0, 0.1) is 19.8 Å². The van der Waals surface area contributed by atoms with E-state index in [0.717, 1.165) is 30.1 Å². The number of aromatic nitrogens is 1. The van der Waals surface area contributed by atoms with Crippen molar-refractivity contribution < 1.29 is 9.63 Å². The molecule has 0 radical (unpaired) electrons. The maximum atomic E-state index is 9.83. The van der Waals surface area contributed by atoms with Crippen molar-refractivity contribution in [3.63, 3.8) is 0 Å². The fourth-order valence-corrected chi connectivity index (χ4v) is 2.79. The van der Waals surface area contributed by atoms with E-state index in [9.17, 15) is 5.11 Å². The molecule has 120 valence electrons. The van der Waals surface area contributed by atoms with E-state index in [0.29, 0.717) is 5.92 Å². The first kappa shape index (κ1) is 16.7. The first-order valence-electron chi connectivity index (χ1n) is 7.83. The molecule has 0 saturated heterocycles. The zero-order chi connectivity index (χ0) is 16.1. The van der Waals surface area contributed by atoms with Crippen LogP contribution in [-0.2, 0) is 13.1 Å². The van der Waals surface area contributed by atoms with Gasteiger partial charge in [-0.25, -0.2) is 0 Å². The Morgan fingerprint density at radius 1 is 1.14 bits per heavy atom. The Labute approximate surface area is 132 Å². The van der Waals surface area contributed by atoms with Crippen molar-refractivity contribution in [2.45, 2.75) is 46.8 Å². The van der Waals surface area contributed by atoms with E-state index in [4.69, 9.17) is 4.52 Å². The molecule has 1 aromatic carbocycles. The van der Waals surface area contributed by atoms with Gasteiger partial charge < -0.3 is 9.63 Å². The minimum atomic E-state index is 0.105. The number of benzene rings is 1. The molecule has 1 aromatic heterocycles. The fourth-order valence-electron chi connectivity index (χ4n) is 2.79. The van der Waals surface area contributed by atoms with Gasteiger partial charge >= 0.3 is 0 Å². The highest BCUT2D eigenvalue weighted by atomic mass is 16.5. The molecule has 0 aliphatic heterocycles. The maximum Gasteiger partial charge on any atom is 0.138 e. The normalized spacial score (nSPS) is 13.0. The average Bonchev–Trinajstić information content (AvgIpc) is 2.80. The van der Waals surface area contributed by atoms with Crippen molar-refractivity contribution in [3.8, 4) is 0 Å². The Morgan fingerprint density at radius 2 is 1.82 bits per heavy atom. The Balaban J connectivity index is 2.25. The molecule has 1 unspecified atom stereocenters. The summed E-state index contributed by atoms with van der Waals surface area (Å²) in [5.74, 6) is 1.23. The zero-order valence-corrected chi connectivity index (χ0v) is 13.9. The van der Waals surface area contributed by atoms with Crippen molar-refractivity contribution in [1.29, 1.82) is 0 Å². The third-order valence-electron chi connectivity index (χ3n) is 4.20. The summed E-state index contributed by atoms with van der Waals surface area (Å²) in [6.45, 7) is 9.88. The number of aliphatic hydroxyl groups is 1. The van der Waals surface area contributed by atoms with Crippen molar-refractivity contribution in [3.05, 3.63) is 52.9 Å². The van der Waals surface area contributed by atoms with Crippen molar-refractivity contribution >= 4 is 0 Å². The molecule has 0 aliphatic carbocycles. The van der Waals surface area contributed by atoms with Gasteiger partial charge in [0.25, 0.3) is 0 Å². The maximum absolute atomic E-state index is 9.83. The van der Waals surface area contributed by atoms with Gasteiger partial charge in [-0.1, -0.05) is 49.3 Å².